The molecular formula is C18H32N4O2. The summed E-state index contributed by atoms with van der Waals surface area (Å²) in [6.45, 7) is 4.86. The Labute approximate surface area is 145 Å². The number of amides is 3. The van der Waals surface area contributed by atoms with Gasteiger partial charge in [-0.05, 0) is 51.7 Å². The Hall–Kier alpha value is -1.30. The summed E-state index contributed by atoms with van der Waals surface area (Å²) >= 11 is 0. The van der Waals surface area contributed by atoms with Gasteiger partial charge in [-0.15, -0.1) is 0 Å². The fourth-order valence-corrected chi connectivity index (χ4v) is 4.32. The van der Waals surface area contributed by atoms with Crippen LogP contribution in [0.25, 0.3) is 0 Å². The standard InChI is InChI=1S/C18H32N4O2/c23-17-13-15(14-22(17)16-7-2-1-3-8-16)20-18(24)19-9-6-12-21-10-4-5-11-21/h15-16H,1-14H2,(H2,19,20,24). The topological polar surface area (TPSA) is 64.7 Å². The zero-order valence-corrected chi connectivity index (χ0v) is 14.8. The highest BCUT2D eigenvalue weighted by molar-refractivity contribution is 5.82. The highest BCUT2D eigenvalue weighted by Crippen LogP contribution is 2.26. The molecule has 2 N–H and O–H groups in total. The van der Waals surface area contributed by atoms with Crippen molar-refractivity contribution in [2.75, 3.05) is 32.7 Å². The van der Waals surface area contributed by atoms with Crippen LogP contribution in [0.1, 0.15) is 57.8 Å². The predicted molar refractivity (Wildman–Crippen MR) is 93.8 cm³/mol. The maximum absolute atomic E-state index is 12.2. The fraction of sp³-hybridized carbons (Fsp3) is 0.889. The van der Waals surface area contributed by atoms with Crippen molar-refractivity contribution in [3.63, 3.8) is 0 Å². The summed E-state index contributed by atoms with van der Waals surface area (Å²) < 4.78 is 0. The molecule has 6 heteroatoms. The van der Waals surface area contributed by atoms with E-state index in [0.29, 0.717) is 25.6 Å². The van der Waals surface area contributed by atoms with Crippen LogP contribution < -0.4 is 10.6 Å². The highest BCUT2D eigenvalue weighted by atomic mass is 16.2. The lowest BCUT2D eigenvalue weighted by atomic mass is 9.94. The van der Waals surface area contributed by atoms with E-state index < -0.39 is 0 Å². The van der Waals surface area contributed by atoms with E-state index in [1.54, 1.807) is 0 Å². The first kappa shape index (κ1) is 17.5. The average molecular weight is 336 g/mol. The number of urea groups is 1. The fourth-order valence-electron chi connectivity index (χ4n) is 4.32. The van der Waals surface area contributed by atoms with Gasteiger partial charge in [0.25, 0.3) is 0 Å². The molecule has 0 spiro atoms. The second kappa shape index (κ2) is 8.70. The third-order valence-corrected chi connectivity index (χ3v) is 5.64. The Morgan fingerprint density at radius 1 is 1.08 bits per heavy atom. The van der Waals surface area contributed by atoms with Gasteiger partial charge in [0.15, 0.2) is 0 Å². The summed E-state index contributed by atoms with van der Waals surface area (Å²) in [6, 6.07) is 0.249. The van der Waals surface area contributed by atoms with Gasteiger partial charge in [0.2, 0.25) is 5.91 Å². The number of carbonyl (C=O) groups is 2. The maximum Gasteiger partial charge on any atom is 0.315 e. The first-order chi connectivity index (χ1) is 11.7. The number of nitrogens with zero attached hydrogens (tertiary/aromatic N) is 2. The third kappa shape index (κ3) is 4.85. The van der Waals surface area contributed by atoms with Crippen molar-refractivity contribution < 1.29 is 9.59 Å². The van der Waals surface area contributed by atoms with Gasteiger partial charge in [0, 0.05) is 25.6 Å². The van der Waals surface area contributed by atoms with E-state index in [1.165, 1.54) is 45.2 Å². The molecule has 1 atom stereocenters. The smallest absolute Gasteiger partial charge is 0.315 e. The second-order valence-electron chi connectivity index (χ2n) is 7.54. The number of nitrogens with one attached hydrogen (secondary N) is 2. The molecule has 0 aromatic carbocycles. The predicted octanol–water partition coefficient (Wildman–Crippen LogP) is 1.71. The molecule has 3 aliphatic rings. The quantitative estimate of drug-likeness (QED) is 0.726. The van der Waals surface area contributed by atoms with Crippen LogP contribution in [0.3, 0.4) is 0 Å². The molecule has 3 amide bonds. The van der Waals surface area contributed by atoms with Crippen molar-refractivity contribution in [3.05, 3.63) is 0 Å². The van der Waals surface area contributed by atoms with Crippen LogP contribution >= 0.6 is 0 Å². The lowest BCUT2D eigenvalue weighted by molar-refractivity contribution is -0.130. The Kier molecular flexibility index (Phi) is 6.35. The lowest BCUT2D eigenvalue weighted by Gasteiger charge is -2.31. The molecule has 1 aliphatic carbocycles. The minimum atomic E-state index is -0.125. The molecule has 2 saturated heterocycles. The number of carbonyl (C=O) groups excluding carboxylic acids is 2. The number of hydrogen-bond acceptors (Lipinski definition) is 3. The molecule has 1 saturated carbocycles. The van der Waals surface area contributed by atoms with Crippen LogP contribution in [-0.4, -0.2) is 66.5 Å². The monoisotopic (exact) mass is 336 g/mol. The van der Waals surface area contributed by atoms with E-state index in [4.69, 9.17) is 0 Å². The van der Waals surface area contributed by atoms with E-state index in [2.05, 4.69) is 15.5 Å². The zero-order chi connectivity index (χ0) is 16.8. The van der Waals surface area contributed by atoms with Gasteiger partial charge in [-0.1, -0.05) is 19.3 Å². The highest BCUT2D eigenvalue weighted by Gasteiger charge is 2.35. The van der Waals surface area contributed by atoms with E-state index >= 15 is 0 Å². The Morgan fingerprint density at radius 3 is 2.58 bits per heavy atom. The Bertz CT molecular complexity index is 431. The molecular weight excluding hydrogens is 304 g/mol. The molecule has 136 valence electrons. The van der Waals surface area contributed by atoms with Crippen LogP contribution in [0.2, 0.25) is 0 Å². The van der Waals surface area contributed by atoms with Crippen molar-refractivity contribution in [1.29, 1.82) is 0 Å². The largest absolute Gasteiger partial charge is 0.338 e. The van der Waals surface area contributed by atoms with Gasteiger partial charge in [-0.3, -0.25) is 4.79 Å². The molecule has 3 fully saturated rings. The molecule has 6 nitrogen and oxygen atoms in total. The molecule has 0 bridgehead atoms. The number of hydrogen-bond donors (Lipinski definition) is 2. The van der Waals surface area contributed by atoms with E-state index in [0.717, 1.165) is 25.8 Å². The molecule has 1 unspecified atom stereocenters. The van der Waals surface area contributed by atoms with Gasteiger partial charge < -0.3 is 20.4 Å². The van der Waals surface area contributed by atoms with E-state index in [-0.39, 0.29) is 18.0 Å². The summed E-state index contributed by atoms with van der Waals surface area (Å²) in [5.74, 6) is 0.209. The lowest BCUT2D eigenvalue weighted by Crippen LogP contribution is -2.45. The van der Waals surface area contributed by atoms with Gasteiger partial charge in [0.05, 0.1) is 6.04 Å². The molecule has 0 aromatic heterocycles. The van der Waals surface area contributed by atoms with Crippen molar-refractivity contribution in [3.8, 4) is 0 Å². The van der Waals surface area contributed by atoms with Crippen LogP contribution in [-0.2, 0) is 4.79 Å². The van der Waals surface area contributed by atoms with Gasteiger partial charge >= 0.3 is 6.03 Å². The molecule has 24 heavy (non-hydrogen) atoms. The summed E-state index contributed by atoms with van der Waals surface area (Å²) in [7, 11) is 0. The maximum atomic E-state index is 12.2. The summed E-state index contributed by atoms with van der Waals surface area (Å²) in [5, 5.41) is 5.92. The first-order valence-electron chi connectivity index (χ1n) is 9.78. The summed E-state index contributed by atoms with van der Waals surface area (Å²) in [5.41, 5.74) is 0. The van der Waals surface area contributed by atoms with Crippen molar-refractivity contribution >= 4 is 11.9 Å². The summed E-state index contributed by atoms with van der Waals surface area (Å²) in [6.07, 6.45) is 10.1. The van der Waals surface area contributed by atoms with Gasteiger partial charge in [0.1, 0.15) is 0 Å². The van der Waals surface area contributed by atoms with Crippen LogP contribution in [0.5, 0.6) is 0 Å². The third-order valence-electron chi connectivity index (χ3n) is 5.64. The molecule has 2 aliphatic heterocycles. The van der Waals surface area contributed by atoms with E-state index in [1.807, 2.05) is 4.90 Å². The van der Waals surface area contributed by atoms with Crippen molar-refractivity contribution in [2.45, 2.75) is 69.9 Å². The van der Waals surface area contributed by atoms with Crippen molar-refractivity contribution in [1.82, 2.24) is 20.4 Å². The van der Waals surface area contributed by atoms with Crippen LogP contribution in [0, 0.1) is 0 Å². The summed E-state index contributed by atoms with van der Waals surface area (Å²) in [4.78, 5) is 28.7. The molecule has 0 radical (unpaired) electrons. The van der Waals surface area contributed by atoms with E-state index in [9.17, 15) is 9.59 Å². The Morgan fingerprint density at radius 2 is 1.83 bits per heavy atom. The minimum absolute atomic E-state index is 0.0296. The van der Waals surface area contributed by atoms with Crippen LogP contribution in [0.4, 0.5) is 4.79 Å². The molecule has 0 aromatic rings. The SMILES string of the molecule is O=C(NCCCN1CCCC1)NC1CC(=O)N(C2CCCCC2)C1. The minimum Gasteiger partial charge on any atom is -0.338 e. The second-order valence-corrected chi connectivity index (χ2v) is 7.54. The molecule has 2 heterocycles. The van der Waals surface area contributed by atoms with Crippen molar-refractivity contribution in [2.24, 2.45) is 0 Å². The average Bonchev–Trinajstić information content (AvgIpc) is 3.22. The van der Waals surface area contributed by atoms with Crippen LogP contribution in [0.15, 0.2) is 0 Å². The number of rotatable bonds is 6. The Balaban J connectivity index is 1.32. The van der Waals surface area contributed by atoms with Gasteiger partial charge in [-0.2, -0.15) is 0 Å². The normalized spacial score (nSPS) is 26.1. The molecule has 3 rings (SSSR count). The number of likely N-dealkylation sites (tertiary alicyclic amines) is 2. The zero-order valence-electron chi connectivity index (χ0n) is 14.8. The first-order valence-corrected chi connectivity index (χ1v) is 9.78. The van der Waals surface area contributed by atoms with Gasteiger partial charge in [-0.25, -0.2) is 4.79 Å².